The molecule has 2 aromatic heterocycles. The Labute approximate surface area is 111 Å². The number of aromatic nitrogens is 5. The van der Waals surface area contributed by atoms with Gasteiger partial charge in [0.25, 0.3) is 0 Å². The summed E-state index contributed by atoms with van der Waals surface area (Å²) in [6.45, 7) is 3.80. The van der Waals surface area contributed by atoms with Gasteiger partial charge < -0.3 is 4.90 Å². The lowest BCUT2D eigenvalue weighted by Gasteiger charge is -2.20. The fourth-order valence-corrected chi connectivity index (χ4v) is 1.65. The SMILES string of the molecule is CCN(CCn1cccn1)C(=O)Nc1cn(C)nn1. The van der Waals surface area contributed by atoms with E-state index in [1.165, 1.54) is 4.68 Å². The van der Waals surface area contributed by atoms with Crippen molar-refractivity contribution in [3.05, 3.63) is 24.7 Å². The van der Waals surface area contributed by atoms with E-state index in [1.54, 1.807) is 29.0 Å². The summed E-state index contributed by atoms with van der Waals surface area (Å²) < 4.78 is 3.33. The van der Waals surface area contributed by atoms with Crippen molar-refractivity contribution in [3.63, 3.8) is 0 Å². The highest BCUT2D eigenvalue weighted by Gasteiger charge is 2.13. The Hall–Kier alpha value is -2.38. The van der Waals surface area contributed by atoms with Crippen molar-refractivity contribution in [1.29, 1.82) is 0 Å². The van der Waals surface area contributed by atoms with Crippen LogP contribution in [0.15, 0.2) is 24.7 Å². The van der Waals surface area contributed by atoms with Crippen LogP contribution in [-0.4, -0.2) is 48.8 Å². The van der Waals surface area contributed by atoms with Gasteiger partial charge in [0.1, 0.15) is 0 Å². The van der Waals surface area contributed by atoms with Crippen LogP contribution in [0.1, 0.15) is 6.92 Å². The van der Waals surface area contributed by atoms with Gasteiger partial charge in [-0.1, -0.05) is 5.21 Å². The molecule has 8 heteroatoms. The van der Waals surface area contributed by atoms with E-state index in [4.69, 9.17) is 0 Å². The zero-order valence-electron chi connectivity index (χ0n) is 11.0. The number of likely N-dealkylation sites (N-methyl/N-ethyl adjacent to an activating group) is 1. The number of nitrogens with zero attached hydrogens (tertiary/aromatic N) is 6. The average molecular weight is 263 g/mol. The van der Waals surface area contributed by atoms with Crippen LogP contribution in [0.25, 0.3) is 0 Å². The van der Waals surface area contributed by atoms with Gasteiger partial charge in [-0.25, -0.2) is 4.79 Å². The molecule has 1 N–H and O–H groups in total. The molecule has 0 saturated carbocycles. The van der Waals surface area contributed by atoms with E-state index in [-0.39, 0.29) is 6.03 Å². The van der Waals surface area contributed by atoms with E-state index < -0.39 is 0 Å². The Balaban J connectivity index is 1.87. The lowest BCUT2D eigenvalue weighted by atomic mass is 10.5. The van der Waals surface area contributed by atoms with Crippen molar-refractivity contribution in [3.8, 4) is 0 Å². The maximum Gasteiger partial charge on any atom is 0.323 e. The summed E-state index contributed by atoms with van der Waals surface area (Å²) in [6, 6.07) is 1.67. The smallest absolute Gasteiger partial charge is 0.323 e. The van der Waals surface area contributed by atoms with E-state index in [0.29, 0.717) is 25.5 Å². The van der Waals surface area contributed by atoms with Crippen molar-refractivity contribution in [2.45, 2.75) is 13.5 Å². The fourth-order valence-electron chi connectivity index (χ4n) is 1.65. The predicted octanol–water partition coefficient (Wildman–Crippen LogP) is 0.566. The second-order valence-electron chi connectivity index (χ2n) is 4.06. The average Bonchev–Trinajstić information content (AvgIpc) is 3.02. The van der Waals surface area contributed by atoms with Crippen LogP contribution in [0.2, 0.25) is 0 Å². The lowest BCUT2D eigenvalue weighted by molar-refractivity contribution is 0.211. The number of carbonyl (C=O) groups is 1. The number of hydrogen-bond donors (Lipinski definition) is 1. The molecule has 2 heterocycles. The van der Waals surface area contributed by atoms with Crippen LogP contribution in [0.5, 0.6) is 0 Å². The lowest BCUT2D eigenvalue weighted by Crippen LogP contribution is -2.37. The predicted molar refractivity (Wildman–Crippen MR) is 69.5 cm³/mol. The second-order valence-corrected chi connectivity index (χ2v) is 4.06. The molecular formula is C11H17N7O. The van der Waals surface area contributed by atoms with Gasteiger partial charge in [0, 0.05) is 32.5 Å². The number of carbonyl (C=O) groups excluding carboxylic acids is 1. The Morgan fingerprint density at radius 1 is 1.53 bits per heavy atom. The van der Waals surface area contributed by atoms with Crippen LogP contribution in [0, 0.1) is 0 Å². The molecule has 2 aromatic rings. The van der Waals surface area contributed by atoms with Gasteiger partial charge in [-0.3, -0.25) is 14.7 Å². The molecule has 0 radical (unpaired) electrons. The van der Waals surface area contributed by atoms with Gasteiger partial charge in [-0.2, -0.15) is 5.10 Å². The van der Waals surface area contributed by atoms with E-state index in [9.17, 15) is 4.79 Å². The molecule has 0 aromatic carbocycles. The van der Waals surface area contributed by atoms with E-state index >= 15 is 0 Å². The second kappa shape index (κ2) is 5.98. The third-order valence-electron chi connectivity index (χ3n) is 2.66. The first-order valence-electron chi connectivity index (χ1n) is 6.08. The summed E-state index contributed by atoms with van der Waals surface area (Å²) >= 11 is 0. The molecule has 0 spiro atoms. The minimum absolute atomic E-state index is 0.185. The third-order valence-corrected chi connectivity index (χ3v) is 2.66. The Bertz CT molecular complexity index is 519. The number of urea groups is 1. The summed E-state index contributed by atoms with van der Waals surface area (Å²) in [4.78, 5) is 13.7. The van der Waals surface area contributed by atoms with Crippen molar-refractivity contribution >= 4 is 11.8 Å². The van der Waals surface area contributed by atoms with Gasteiger partial charge in [-0.15, -0.1) is 5.10 Å². The maximum absolute atomic E-state index is 12.0. The summed E-state index contributed by atoms with van der Waals surface area (Å²) in [5.74, 6) is 0.449. The van der Waals surface area contributed by atoms with Crippen molar-refractivity contribution in [2.24, 2.45) is 7.05 Å². The zero-order chi connectivity index (χ0) is 13.7. The van der Waals surface area contributed by atoms with E-state index in [2.05, 4.69) is 20.7 Å². The molecule has 0 aliphatic carbocycles. The molecule has 8 nitrogen and oxygen atoms in total. The number of anilines is 1. The minimum Gasteiger partial charge on any atom is -0.323 e. The molecule has 0 unspecified atom stereocenters. The minimum atomic E-state index is -0.185. The summed E-state index contributed by atoms with van der Waals surface area (Å²) in [5.41, 5.74) is 0. The van der Waals surface area contributed by atoms with Gasteiger partial charge in [-0.05, 0) is 13.0 Å². The van der Waals surface area contributed by atoms with Gasteiger partial charge in [0.2, 0.25) is 0 Å². The van der Waals surface area contributed by atoms with Gasteiger partial charge >= 0.3 is 6.03 Å². The molecule has 0 aliphatic rings. The number of aryl methyl sites for hydroxylation is 1. The Kier molecular flexibility index (Phi) is 4.11. The maximum atomic E-state index is 12.0. The topological polar surface area (TPSA) is 80.9 Å². The van der Waals surface area contributed by atoms with Crippen LogP contribution in [-0.2, 0) is 13.6 Å². The molecular weight excluding hydrogens is 246 g/mol. The van der Waals surface area contributed by atoms with E-state index in [1.807, 2.05) is 19.2 Å². The number of hydrogen-bond acceptors (Lipinski definition) is 4. The van der Waals surface area contributed by atoms with Crippen LogP contribution < -0.4 is 5.32 Å². The third kappa shape index (κ3) is 3.54. The highest BCUT2D eigenvalue weighted by molar-refractivity contribution is 5.88. The molecule has 0 saturated heterocycles. The summed E-state index contributed by atoms with van der Waals surface area (Å²) in [5, 5.41) is 14.4. The largest absolute Gasteiger partial charge is 0.323 e. The van der Waals surface area contributed by atoms with Gasteiger partial charge in [0.05, 0.1) is 12.7 Å². The normalized spacial score (nSPS) is 10.4. The van der Waals surface area contributed by atoms with Crippen LogP contribution in [0.3, 0.4) is 0 Å². The number of amides is 2. The van der Waals surface area contributed by atoms with Crippen LogP contribution >= 0.6 is 0 Å². The van der Waals surface area contributed by atoms with Crippen LogP contribution in [0.4, 0.5) is 10.6 Å². The molecule has 0 fully saturated rings. The fraction of sp³-hybridized carbons (Fsp3) is 0.455. The first-order chi connectivity index (χ1) is 9.19. The monoisotopic (exact) mass is 263 g/mol. The van der Waals surface area contributed by atoms with Crippen molar-refractivity contribution in [2.75, 3.05) is 18.4 Å². The highest BCUT2D eigenvalue weighted by Crippen LogP contribution is 2.01. The molecule has 2 rings (SSSR count). The molecule has 0 aliphatic heterocycles. The first-order valence-corrected chi connectivity index (χ1v) is 6.08. The highest BCUT2D eigenvalue weighted by atomic mass is 16.2. The molecule has 102 valence electrons. The van der Waals surface area contributed by atoms with E-state index in [0.717, 1.165) is 0 Å². The summed E-state index contributed by atoms with van der Waals surface area (Å²) in [7, 11) is 1.75. The standard InChI is InChI=1S/C11H17N7O/c1-3-17(7-8-18-6-4-5-12-18)11(19)13-10-9-16(2)15-14-10/h4-6,9H,3,7-8H2,1-2H3,(H,13,19). The Morgan fingerprint density at radius 3 is 2.95 bits per heavy atom. The first kappa shape index (κ1) is 13.1. The van der Waals surface area contributed by atoms with Crippen molar-refractivity contribution < 1.29 is 4.79 Å². The Morgan fingerprint density at radius 2 is 2.37 bits per heavy atom. The number of nitrogens with one attached hydrogen (secondary N) is 1. The quantitative estimate of drug-likeness (QED) is 0.855. The number of rotatable bonds is 5. The zero-order valence-corrected chi connectivity index (χ0v) is 11.0. The molecule has 2 amide bonds. The van der Waals surface area contributed by atoms with Crippen molar-refractivity contribution in [1.82, 2.24) is 29.7 Å². The molecule has 0 atom stereocenters. The summed E-state index contributed by atoms with van der Waals surface area (Å²) in [6.07, 6.45) is 5.24. The molecule has 0 bridgehead atoms. The molecule has 19 heavy (non-hydrogen) atoms. The van der Waals surface area contributed by atoms with Gasteiger partial charge in [0.15, 0.2) is 5.82 Å².